The number of nitrogen functional groups attached to an aromatic ring is 1. The Kier molecular flexibility index (Phi) is 9.87. The molecule has 0 spiro atoms. The molecule has 0 aliphatic carbocycles. The van der Waals surface area contributed by atoms with E-state index in [2.05, 4.69) is 25.4 Å². The fourth-order valence-corrected chi connectivity index (χ4v) is 3.53. The number of nitrogens with two attached hydrogens (primary N) is 1. The fourth-order valence-electron chi connectivity index (χ4n) is 3.53. The predicted octanol–water partition coefficient (Wildman–Crippen LogP) is 1.86. The van der Waals surface area contributed by atoms with E-state index >= 15 is 0 Å². The molecule has 0 radical (unpaired) electrons. The van der Waals surface area contributed by atoms with Crippen LogP contribution in [0.15, 0.2) is 65.7 Å². The van der Waals surface area contributed by atoms with Crippen LogP contribution in [0.2, 0.25) is 0 Å². The minimum Gasteiger partial charge on any atom is -0.491 e. The number of nitrogens with one attached hydrogen (secondary N) is 3. The highest BCUT2D eigenvalue weighted by Gasteiger charge is 2.22. The van der Waals surface area contributed by atoms with Crippen molar-refractivity contribution in [1.29, 1.82) is 5.41 Å². The van der Waals surface area contributed by atoms with Crippen molar-refractivity contribution in [2.75, 3.05) is 18.5 Å². The molecule has 0 fully saturated rings. The minimum atomic E-state index is -0.833. The number of carboxylic acids is 1. The number of ether oxygens (including phenoxy) is 1. The molecule has 0 saturated heterocycles. The molecule has 4 aromatic rings. The van der Waals surface area contributed by atoms with Gasteiger partial charge in [-0.3, -0.25) is 15.2 Å². The Labute approximate surface area is 223 Å². The summed E-state index contributed by atoms with van der Waals surface area (Å²) >= 11 is 0. The largest absolute Gasteiger partial charge is 0.491 e. The third kappa shape index (κ3) is 7.97. The number of hydrogen-bond donors (Lipinski definition) is 6. The van der Waals surface area contributed by atoms with Gasteiger partial charge in [0.1, 0.15) is 24.2 Å². The highest BCUT2D eigenvalue weighted by Crippen LogP contribution is 2.29. The monoisotopic (exact) mass is 534 g/mol. The molecule has 2 aromatic carbocycles. The number of nitrogens with zero attached hydrogens (tertiary/aromatic N) is 4. The zero-order valence-corrected chi connectivity index (χ0v) is 21.5. The number of aliphatic hydroxyl groups excluding tert-OH is 1. The Bertz CT molecular complexity index is 1450. The van der Waals surface area contributed by atoms with E-state index in [-0.39, 0.29) is 25.0 Å². The van der Waals surface area contributed by atoms with Crippen molar-refractivity contribution in [2.45, 2.75) is 26.3 Å². The summed E-state index contributed by atoms with van der Waals surface area (Å²) < 4.78 is 6.79. The SMILES string of the molecule is CC(=O)O.CCc1cc(OCCO)cc([C@H](Nc2ccc(C(=N)N)cc2)c2nn(-c3ncccn3)c(=O)[nH]2)c1. The number of carboxylic acid groups (broad SMARTS) is 1. The molecular formula is C26H30N8O5. The zero-order chi connectivity index (χ0) is 28.4. The van der Waals surface area contributed by atoms with Crippen LogP contribution in [0.1, 0.15) is 42.4 Å². The van der Waals surface area contributed by atoms with Crippen LogP contribution in [0.4, 0.5) is 5.69 Å². The lowest BCUT2D eigenvalue weighted by Gasteiger charge is -2.20. The smallest absolute Gasteiger partial charge is 0.350 e. The van der Waals surface area contributed by atoms with Gasteiger partial charge in [-0.15, -0.1) is 9.78 Å². The van der Waals surface area contributed by atoms with Crippen molar-refractivity contribution in [2.24, 2.45) is 5.73 Å². The highest BCUT2D eigenvalue weighted by atomic mass is 16.5. The number of aliphatic carboxylic acids is 1. The molecule has 39 heavy (non-hydrogen) atoms. The number of aliphatic hydroxyl groups is 1. The third-order valence-electron chi connectivity index (χ3n) is 5.25. The van der Waals surface area contributed by atoms with Crippen LogP contribution in [0.5, 0.6) is 5.75 Å². The number of H-pyrrole nitrogens is 1. The molecule has 204 valence electrons. The maximum absolute atomic E-state index is 12.7. The number of hydrogen-bond acceptors (Lipinski definition) is 9. The van der Waals surface area contributed by atoms with E-state index in [9.17, 15) is 9.90 Å². The molecule has 0 amide bonds. The molecule has 0 aliphatic heterocycles. The summed E-state index contributed by atoms with van der Waals surface area (Å²) in [5.74, 6) is 0.235. The van der Waals surface area contributed by atoms with E-state index in [0.717, 1.165) is 34.8 Å². The summed E-state index contributed by atoms with van der Waals surface area (Å²) in [6, 6.07) is 13.9. The Balaban J connectivity index is 0.000000983. The summed E-state index contributed by atoms with van der Waals surface area (Å²) in [7, 11) is 0. The van der Waals surface area contributed by atoms with Gasteiger partial charge in [-0.25, -0.2) is 14.8 Å². The van der Waals surface area contributed by atoms with Gasteiger partial charge >= 0.3 is 5.69 Å². The van der Waals surface area contributed by atoms with Crippen molar-refractivity contribution < 1.29 is 19.7 Å². The highest BCUT2D eigenvalue weighted by molar-refractivity contribution is 5.95. The summed E-state index contributed by atoms with van der Waals surface area (Å²) in [5, 5.41) is 32.1. The maximum atomic E-state index is 12.7. The van der Waals surface area contributed by atoms with Crippen LogP contribution in [-0.4, -0.2) is 60.0 Å². The molecule has 0 unspecified atom stereocenters. The number of rotatable bonds is 10. The van der Waals surface area contributed by atoms with Gasteiger partial charge in [0.05, 0.1) is 6.61 Å². The average Bonchev–Trinajstić information content (AvgIpc) is 3.31. The van der Waals surface area contributed by atoms with Crippen LogP contribution < -0.4 is 21.5 Å². The molecule has 1 atom stereocenters. The van der Waals surface area contributed by atoms with Gasteiger partial charge in [0.2, 0.25) is 0 Å². The standard InChI is InChI=1S/C24H26N8O3.C2H4O2/c1-2-15-12-17(14-19(13-15)35-11-10-33)20(29-18-6-4-16(5-7-18)21(25)26)22-30-24(34)32(31-22)23-27-8-3-9-28-23;1-2(3)4/h3-9,12-14,20,29,33H,2,10-11H2,1H3,(H3,25,26)(H,30,31,34);1H3,(H,3,4)/t20-;/m0./s1. The molecule has 0 bridgehead atoms. The summed E-state index contributed by atoms with van der Waals surface area (Å²) in [6.07, 6.45) is 3.82. The van der Waals surface area contributed by atoms with Gasteiger partial charge in [-0.2, -0.15) is 0 Å². The van der Waals surface area contributed by atoms with Crippen LogP contribution in [-0.2, 0) is 11.2 Å². The van der Waals surface area contributed by atoms with Crippen LogP contribution in [0, 0.1) is 5.41 Å². The molecule has 13 heteroatoms. The minimum absolute atomic E-state index is 0.0274. The molecule has 7 N–H and O–H groups in total. The topological polar surface area (TPSA) is 205 Å². The average molecular weight is 535 g/mol. The van der Waals surface area contributed by atoms with E-state index in [1.165, 1.54) is 12.4 Å². The first-order valence-corrected chi connectivity index (χ1v) is 12.0. The second-order valence-corrected chi connectivity index (χ2v) is 8.20. The first kappa shape index (κ1) is 28.5. The van der Waals surface area contributed by atoms with Gasteiger partial charge in [0.15, 0.2) is 5.82 Å². The van der Waals surface area contributed by atoms with Crippen molar-refractivity contribution in [1.82, 2.24) is 24.7 Å². The van der Waals surface area contributed by atoms with E-state index in [4.69, 9.17) is 25.8 Å². The lowest BCUT2D eigenvalue weighted by molar-refractivity contribution is -0.134. The normalized spacial score (nSPS) is 11.2. The van der Waals surface area contributed by atoms with Crippen LogP contribution in [0.3, 0.4) is 0 Å². The summed E-state index contributed by atoms with van der Waals surface area (Å²) in [5.41, 5.74) is 8.23. The lowest BCUT2D eigenvalue weighted by Crippen LogP contribution is -2.18. The number of amidine groups is 1. The van der Waals surface area contributed by atoms with Crippen LogP contribution in [0.25, 0.3) is 5.95 Å². The second-order valence-electron chi connectivity index (χ2n) is 8.20. The van der Waals surface area contributed by atoms with Crippen molar-refractivity contribution in [3.05, 3.63) is 93.9 Å². The number of benzene rings is 2. The maximum Gasteiger partial charge on any atom is 0.350 e. The predicted molar refractivity (Wildman–Crippen MR) is 144 cm³/mol. The molecule has 0 aliphatic rings. The molecular weight excluding hydrogens is 504 g/mol. The summed E-state index contributed by atoms with van der Waals surface area (Å²) in [4.78, 5) is 32.8. The summed E-state index contributed by atoms with van der Waals surface area (Å²) in [6.45, 7) is 3.17. The van der Waals surface area contributed by atoms with Crippen molar-refractivity contribution in [3.63, 3.8) is 0 Å². The Morgan fingerprint density at radius 1 is 1.21 bits per heavy atom. The number of carbonyl (C=O) groups is 1. The number of aryl methyl sites for hydroxylation is 1. The van der Waals surface area contributed by atoms with Crippen LogP contribution >= 0.6 is 0 Å². The molecule has 2 heterocycles. The fraction of sp³-hybridized carbons (Fsp3) is 0.231. The molecule has 2 aromatic heterocycles. The van der Waals surface area contributed by atoms with E-state index in [1.54, 1.807) is 30.3 Å². The Hall–Kier alpha value is -5.04. The van der Waals surface area contributed by atoms with Crippen molar-refractivity contribution in [3.8, 4) is 11.7 Å². The van der Waals surface area contributed by atoms with E-state index < -0.39 is 17.7 Å². The first-order chi connectivity index (χ1) is 18.7. The van der Waals surface area contributed by atoms with Gasteiger partial charge in [-0.1, -0.05) is 13.0 Å². The van der Waals surface area contributed by atoms with Gasteiger partial charge < -0.3 is 26.0 Å². The third-order valence-corrected chi connectivity index (χ3v) is 5.25. The Morgan fingerprint density at radius 2 is 1.87 bits per heavy atom. The first-order valence-electron chi connectivity index (χ1n) is 12.0. The molecule has 13 nitrogen and oxygen atoms in total. The zero-order valence-electron chi connectivity index (χ0n) is 21.5. The Morgan fingerprint density at radius 3 is 2.46 bits per heavy atom. The van der Waals surface area contributed by atoms with E-state index in [1.807, 2.05) is 25.1 Å². The van der Waals surface area contributed by atoms with Gasteiger partial charge in [0, 0.05) is 30.6 Å². The number of anilines is 1. The lowest BCUT2D eigenvalue weighted by atomic mass is 10.0. The molecule has 0 saturated carbocycles. The van der Waals surface area contributed by atoms with Gasteiger partial charge in [-0.05, 0) is 60.0 Å². The molecule has 4 rings (SSSR count). The van der Waals surface area contributed by atoms with Gasteiger partial charge in [0.25, 0.3) is 11.9 Å². The number of aromatic amines is 1. The van der Waals surface area contributed by atoms with Crippen molar-refractivity contribution >= 4 is 17.5 Å². The second kappa shape index (κ2) is 13.5. The quantitative estimate of drug-likeness (QED) is 0.129. The van der Waals surface area contributed by atoms with E-state index in [0.29, 0.717) is 17.1 Å². The number of aromatic nitrogens is 5.